The van der Waals surface area contributed by atoms with Gasteiger partial charge < -0.3 is 15.2 Å². The summed E-state index contributed by atoms with van der Waals surface area (Å²) >= 11 is 4.06. The number of rotatable bonds is 10. The van der Waals surface area contributed by atoms with E-state index in [1.807, 2.05) is 30.3 Å². The first-order chi connectivity index (χ1) is 19.4. The van der Waals surface area contributed by atoms with E-state index in [4.69, 9.17) is 4.74 Å². The molecule has 0 saturated carbocycles. The summed E-state index contributed by atoms with van der Waals surface area (Å²) in [6.07, 6.45) is 1.50. The normalized spacial score (nSPS) is 19.1. The molecule has 2 unspecified atom stereocenters. The Kier molecular flexibility index (Phi) is 8.63. The Morgan fingerprint density at radius 1 is 1.15 bits per heavy atom. The number of carboxylic acids is 1. The number of hydrogen-bond donors (Lipinski definition) is 2. The minimum atomic E-state index is -1.31. The highest BCUT2D eigenvalue weighted by Gasteiger charge is 2.54. The lowest BCUT2D eigenvalue weighted by Crippen LogP contribution is -2.71. The number of nitrogens with zero attached hydrogens (tertiary/aromatic N) is 3. The Labute approximate surface area is 241 Å². The molecule has 3 heterocycles. The Hall–Kier alpha value is -3.94. The average molecular weight is 595 g/mol. The SMILES string of the molecule is O=C(C=Cc1ccccc1)OC(C(=O)NC1C(=O)N2C(C(=O)O)=C(CSc3nncs3)CS[C@@H]12)c1ccccc1. The van der Waals surface area contributed by atoms with Gasteiger partial charge in [0.25, 0.3) is 11.8 Å². The molecule has 13 heteroatoms. The lowest BCUT2D eigenvalue weighted by Gasteiger charge is -2.49. The molecule has 204 valence electrons. The molecular weight excluding hydrogens is 573 g/mol. The molecule has 2 amide bonds. The summed E-state index contributed by atoms with van der Waals surface area (Å²) < 4.78 is 6.22. The molecule has 1 saturated heterocycles. The summed E-state index contributed by atoms with van der Waals surface area (Å²) in [7, 11) is 0. The third-order valence-corrected chi connectivity index (χ3v) is 9.33. The van der Waals surface area contributed by atoms with E-state index in [0.29, 0.717) is 27.0 Å². The highest BCUT2D eigenvalue weighted by Crippen LogP contribution is 2.42. The number of aromatic nitrogens is 2. The van der Waals surface area contributed by atoms with Crippen LogP contribution < -0.4 is 5.32 Å². The zero-order chi connectivity index (χ0) is 28.1. The van der Waals surface area contributed by atoms with Gasteiger partial charge in [0.05, 0.1) is 0 Å². The second kappa shape index (κ2) is 12.5. The van der Waals surface area contributed by atoms with Gasteiger partial charge in [0.15, 0.2) is 4.34 Å². The minimum Gasteiger partial charge on any atom is -0.477 e. The standard InChI is InChI=1S/C27H22N4O6S3/c32-19(12-11-16-7-3-1-4-8-16)37-22(17-9-5-2-6-10-17)23(33)29-20-24(34)31-21(26(35)36)18(13-38-25(20)31)14-39-27-30-28-15-40-27/h1-12,15,20,22,25H,13-14H2,(H,29,33)(H,35,36)/t20?,22?,25-/m0/s1. The van der Waals surface area contributed by atoms with Crippen LogP contribution in [-0.2, 0) is 23.9 Å². The number of thioether (sulfide) groups is 2. The smallest absolute Gasteiger partial charge is 0.352 e. The van der Waals surface area contributed by atoms with Crippen molar-refractivity contribution < 1.29 is 29.0 Å². The number of carbonyl (C=O) groups excluding carboxylic acids is 3. The van der Waals surface area contributed by atoms with E-state index in [1.165, 1.54) is 45.8 Å². The van der Waals surface area contributed by atoms with Crippen molar-refractivity contribution in [3.8, 4) is 0 Å². The fourth-order valence-corrected chi connectivity index (χ4v) is 7.16. The average Bonchev–Trinajstić information content (AvgIpc) is 3.50. The molecule has 2 aromatic carbocycles. The third-order valence-electron chi connectivity index (χ3n) is 6.04. The summed E-state index contributed by atoms with van der Waals surface area (Å²) in [5, 5.41) is 19.7. The maximum atomic E-state index is 13.4. The molecule has 1 fully saturated rings. The number of carboxylic acid groups (broad SMARTS) is 1. The number of benzene rings is 2. The minimum absolute atomic E-state index is 0.0756. The number of ether oxygens (including phenoxy) is 1. The van der Waals surface area contributed by atoms with Gasteiger partial charge in [0.1, 0.15) is 22.6 Å². The number of esters is 1. The molecule has 0 aliphatic carbocycles. The lowest BCUT2D eigenvalue weighted by molar-refractivity contribution is -0.156. The number of β-lactam (4-membered cyclic amide) rings is 1. The summed E-state index contributed by atoms with van der Waals surface area (Å²) in [5.74, 6) is -2.43. The van der Waals surface area contributed by atoms with E-state index >= 15 is 0 Å². The van der Waals surface area contributed by atoms with Crippen LogP contribution in [0, 0.1) is 0 Å². The monoisotopic (exact) mass is 594 g/mol. The zero-order valence-corrected chi connectivity index (χ0v) is 23.2. The summed E-state index contributed by atoms with van der Waals surface area (Å²) in [5.41, 5.74) is 3.33. The maximum absolute atomic E-state index is 13.4. The Bertz CT molecular complexity index is 1460. The van der Waals surface area contributed by atoms with E-state index in [0.717, 1.165) is 5.56 Å². The van der Waals surface area contributed by atoms with Crippen LogP contribution in [0.5, 0.6) is 0 Å². The maximum Gasteiger partial charge on any atom is 0.352 e. The second-order valence-electron chi connectivity index (χ2n) is 8.62. The zero-order valence-electron chi connectivity index (χ0n) is 20.7. The Morgan fingerprint density at radius 3 is 2.55 bits per heavy atom. The van der Waals surface area contributed by atoms with Crippen LogP contribution in [0.2, 0.25) is 0 Å². The van der Waals surface area contributed by atoms with Crippen LogP contribution in [0.3, 0.4) is 0 Å². The van der Waals surface area contributed by atoms with Crippen LogP contribution in [0.25, 0.3) is 6.08 Å². The molecule has 3 atom stereocenters. The van der Waals surface area contributed by atoms with Crippen molar-refractivity contribution in [1.29, 1.82) is 0 Å². The molecule has 2 aliphatic heterocycles. The summed E-state index contributed by atoms with van der Waals surface area (Å²) in [6.45, 7) is 0. The molecule has 2 aliphatic rings. The van der Waals surface area contributed by atoms with Crippen molar-refractivity contribution in [1.82, 2.24) is 20.4 Å². The highest BCUT2D eigenvalue weighted by molar-refractivity contribution is 8.01. The Morgan fingerprint density at radius 2 is 1.88 bits per heavy atom. The number of aliphatic carboxylic acids is 1. The molecular formula is C27H22N4O6S3. The van der Waals surface area contributed by atoms with Gasteiger partial charge in [-0.25, -0.2) is 9.59 Å². The fourth-order valence-electron chi connectivity index (χ4n) is 4.18. The van der Waals surface area contributed by atoms with Crippen molar-refractivity contribution in [2.75, 3.05) is 11.5 Å². The molecule has 3 aromatic rings. The topological polar surface area (TPSA) is 139 Å². The molecule has 1 aromatic heterocycles. The summed E-state index contributed by atoms with van der Waals surface area (Å²) in [6, 6.07) is 16.7. The molecule has 5 rings (SSSR count). The van der Waals surface area contributed by atoms with Crippen molar-refractivity contribution in [3.05, 3.63) is 94.6 Å². The van der Waals surface area contributed by atoms with Gasteiger partial charge in [0, 0.05) is 23.1 Å². The first kappa shape index (κ1) is 27.6. The molecule has 40 heavy (non-hydrogen) atoms. The molecule has 0 bridgehead atoms. The van der Waals surface area contributed by atoms with Crippen molar-refractivity contribution in [2.45, 2.75) is 21.9 Å². The van der Waals surface area contributed by atoms with Crippen molar-refractivity contribution >= 4 is 64.7 Å². The number of nitrogens with one attached hydrogen (secondary N) is 1. The van der Waals surface area contributed by atoms with E-state index in [-0.39, 0.29) is 5.70 Å². The predicted molar refractivity (Wildman–Crippen MR) is 151 cm³/mol. The van der Waals surface area contributed by atoms with Gasteiger partial charge in [-0.15, -0.1) is 22.0 Å². The second-order valence-corrected chi connectivity index (χ2v) is 11.8. The first-order valence-electron chi connectivity index (χ1n) is 12.0. The molecule has 10 nitrogen and oxygen atoms in total. The molecule has 0 spiro atoms. The van der Waals surface area contributed by atoms with E-state index in [2.05, 4.69) is 15.5 Å². The van der Waals surface area contributed by atoms with Crippen LogP contribution in [0.1, 0.15) is 17.2 Å². The third kappa shape index (κ3) is 6.11. The van der Waals surface area contributed by atoms with Gasteiger partial charge in [-0.05, 0) is 17.2 Å². The predicted octanol–water partition coefficient (Wildman–Crippen LogP) is 3.37. The van der Waals surface area contributed by atoms with Gasteiger partial charge in [0.2, 0.25) is 6.10 Å². The largest absolute Gasteiger partial charge is 0.477 e. The number of amides is 2. The quantitative estimate of drug-likeness (QED) is 0.155. The van der Waals surface area contributed by atoms with Crippen LogP contribution in [0.4, 0.5) is 0 Å². The highest BCUT2D eigenvalue weighted by atomic mass is 32.2. The fraction of sp³-hybridized carbons (Fsp3) is 0.185. The van der Waals surface area contributed by atoms with E-state index < -0.39 is 41.3 Å². The molecule has 2 N–H and O–H groups in total. The van der Waals surface area contributed by atoms with E-state index in [1.54, 1.807) is 41.9 Å². The van der Waals surface area contributed by atoms with E-state index in [9.17, 15) is 24.3 Å². The van der Waals surface area contributed by atoms with Crippen LogP contribution in [0.15, 0.2) is 87.9 Å². The number of carbonyl (C=O) groups is 4. The van der Waals surface area contributed by atoms with Gasteiger partial charge in [-0.2, -0.15) is 0 Å². The summed E-state index contributed by atoms with van der Waals surface area (Å²) in [4.78, 5) is 52.4. The van der Waals surface area contributed by atoms with Gasteiger partial charge in [-0.1, -0.05) is 83.8 Å². The Balaban J connectivity index is 1.29. The first-order valence-corrected chi connectivity index (χ1v) is 14.9. The lowest BCUT2D eigenvalue weighted by atomic mass is 10.0. The number of fused-ring (bicyclic) bond motifs is 1. The van der Waals surface area contributed by atoms with Crippen molar-refractivity contribution in [3.63, 3.8) is 0 Å². The van der Waals surface area contributed by atoms with Gasteiger partial charge in [-0.3, -0.25) is 14.5 Å². The number of hydrogen-bond acceptors (Lipinski definition) is 10. The van der Waals surface area contributed by atoms with Crippen molar-refractivity contribution in [2.24, 2.45) is 0 Å². The van der Waals surface area contributed by atoms with Gasteiger partial charge >= 0.3 is 11.9 Å². The van der Waals surface area contributed by atoms with Crippen LogP contribution in [-0.4, -0.2) is 66.9 Å². The molecule has 0 radical (unpaired) electrons. The van der Waals surface area contributed by atoms with Crippen LogP contribution >= 0.6 is 34.9 Å².